The Hall–Kier alpha value is -1.14. The van der Waals surface area contributed by atoms with Gasteiger partial charge in [0.15, 0.2) is 5.13 Å². The van der Waals surface area contributed by atoms with Crippen molar-refractivity contribution in [3.63, 3.8) is 0 Å². The van der Waals surface area contributed by atoms with E-state index in [1.165, 1.54) is 11.3 Å². The highest BCUT2D eigenvalue weighted by Crippen LogP contribution is 2.26. The molecule has 0 spiro atoms. The van der Waals surface area contributed by atoms with Crippen molar-refractivity contribution in [3.05, 3.63) is 35.2 Å². The number of hydrogen-bond acceptors (Lipinski definition) is 5. The first-order valence-electron chi connectivity index (χ1n) is 5.85. The summed E-state index contributed by atoms with van der Waals surface area (Å²) in [4.78, 5) is 4.19. The van der Waals surface area contributed by atoms with E-state index in [0.717, 1.165) is 11.3 Å². The predicted molar refractivity (Wildman–Crippen MR) is 78.3 cm³/mol. The van der Waals surface area contributed by atoms with Gasteiger partial charge in [0.1, 0.15) is 6.10 Å². The lowest BCUT2D eigenvalue weighted by molar-refractivity contribution is 0.0170. The molecule has 0 aliphatic carbocycles. The highest BCUT2D eigenvalue weighted by atomic mass is 35.5. The molecule has 2 rings (SSSR count). The van der Waals surface area contributed by atoms with Crippen LogP contribution in [-0.4, -0.2) is 27.2 Å². The van der Waals surface area contributed by atoms with Gasteiger partial charge in [-0.1, -0.05) is 24.3 Å². The van der Waals surface area contributed by atoms with Gasteiger partial charge in [0.25, 0.3) is 0 Å². The quantitative estimate of drug-likeness (QED) is 0.741. The van der Waals surface area contributed by atoms with E-state index in [4.69, 9.17) is 17.3 Å². The summed E-state index contributed by atoms with van der Waals surface area (Å²) >= 11 is 6.93. The van der Waals surface area contributed by atoms with Crippen LogP contribution in [0.1, 0.15) is 18.1 Å². The molecule has 102 valence electrons. The molecule has 4 N–H and O–H groups in total. The fraction of sp³-hybridized carbons (Fsp3) is 0.308. The Bertz CT molecular complexity index is 530. The van der Waals surface area contributed by atoms with Crippen molar-refractivity contribution in [1.29, 1.82) is 0 Å². The molecule has 6 heteroatoms. The molecule has 0 aliphatic heterocycles. The van der Waals surface area contributed by atoms with Gasteiger partial charge in [-0.25, -0.2) is 4.98 Å². The Kier molecular flexibility index (Phi) is 4.76. The zero-order chi connectivity index (χ0) is 13.8. The summed E-state index contributed by atoms with van der Waals surface area (Å²) in [5.41, 5.74) is 7.98. The number of halogens is 1. The van der Waals surface area contributed by atoms with Gasteiger partial charge >= 0.3 is 0 Å². The summed E-state index contributed by atoms with van der Waals surface area (Å²) in [5, 5.41) is 22.0. The molecular weight excluding hydrogens is 284 g/mol. The normalized spacial score (nSPS) is 14.3. The fourth-order valence-electron chi connectivity index (χ4n) is 1.76. The zero-order valence-electron chi connectivity index (χ0n) is 10.2. The van der Waals surface area contributed by atoms with Crippen LogP contribution in [0.2, 0.25) is 0 Å². The minimum absolute atomic E-state index is 0.314. The van der Waals surface area contributed by atoms with Gasteiger partial charge < -0.3 is 15.9 Å². The molecule has 2 aromatic rings. The van der Waals surface area contributed by atoms with Crippen molar-refractivity contribution in [2.45, 2.75) is 18.6 Å². The summed E-state index contributed by atoms with van der Waals surface area (Å²) < 4.78 is 0. The average Bonchev–Trinajstić information content (AvgIpc) is 2.85. The monoisotopic (exact) mass is 298 g/mol. The van der Waals surface area contributed by atoms with E-state index < -0.39 is 12.2 Å². The van der Waals surface area contributed by atoms with E-state index in [-0.39, 0.29) is 0 Å². The number of aliphatic hydroxyl groups is 2. The van der Waals surface area contributed by atoms with Gasteiger partial charge in [-0.15, -0.1) is 22.9 Å². The van der Waals surface area contributed by atoms with Crippen molar-refractivity contribution in [3.8, 4) is 11.3 Å². The number of anilines is 1. The molecule has 2 unspecified atom stereocenters. The van der Waals surface area contributed by atoms with Crippen LogP contribution in [0.15, 0.2) is 29.6 Å². The van der Waals surface area contributed by atoms with E-state index in [1.54, 1.807) is 12.1 Å². The Balaban J connectivity index is 2.14. The third kappa shape index (κ3) is 3.45. The SMILES string of the molecule is Nc1nc(-c2ccc(C(O)C(O)CCCl)cc2)cs1. The number of nitrogen functional groups attached to an aromatic ring is 1. The minimum Gasteiger partial charge on any atom is -0.390 e. The van der Waals surface area contributed by atoms with Crippen LogP contribution in [0.3, 0.4) is 0 Å². The second kappa shape index (κ2) is 6.34. The first kappa shape index (κ1) is 14.3. The summed E-state index contributed by atoms with van der Waals surface area (Å²) in [6.07, 6.45) is -1.42. The Morgan fingerprint density at radius 3 is 2.47 bits per heavy atom. The number of thiazole rings is 1. The molecule has 0 bridgehead atoms. The van der Waals surface area contributed by atoms with Crippen LogP contribution in [0.4, 0.5) is 5.13 Å². The molecule has 1 aromatic carbocycles. The third-order valence-corrected chi connectivity index (χ3v) is 3.73. The molecular formula is C13H15ClN2O2S. The number of hydrogen-bond donors (Lipinski definition) is 3. The highest BCUT2D eigenvalue weighted by Gasteiger charge is 2.17. The van der Waals surface area contributed by atoms with E-state index >= 15 is 0 Å². The Morgan fingerprint density at radius 1 is 1.26 bits per heavy atom. The summed E-state index contributed by atoms with van der Waals surface area (Å²) in [6, 6.07) is 7.24. The maximum atomic E-state index is 9.94. The van der Waals surface area contributed by atoms with E-state index in [1.807, 2.05) is 17.5 Å². The lowest BCUT2D eigenvalue weighted by atomic mass is 10.0. The van der Waals surface area contributed by atoms with Gasteiger partial charge in [-0.05, 0) is 12.0 Å². The molecule has 0 aliphatic rings. The lowest BCUT2D eigenvalue weighted by Gasteiger charge is -2.17. The number of nitrogens with zero attached hydrogens (tertiary/aromatic N) is 1. The first-order valence-corrected chi connectivity index (χ1v) is 7.26. The van der Waals surface area contributed by atoms with Crippen LogP contribution in [0.25, 0.3) is 11.3 Å². The lowest BCUT2D eigenvalue weighted by Crippen LogP contribution is -2.18. The van der Waals surface area contributed by atoms with E-state index in [2.05, 4.69) is 4.98 Å². The van der Waals surface area contributed by atoms with Gasteiger partial charge in [-0.3, -0.25) is 0 Å². The number of nitrogens with two attached hydrogens (primary N) is 1. The third-order valence-electron chi connectivity index (χ3n) is 2.84. The summed E-state index contributed by atoms with van der Waals surface area (Å²) in [7, 11) is 0. The molecule has 4 nitrogen and oxygen atoms in total. The number of aliphatic hydroxyl groups excluding tert-OH is 2. The number of benzene rings is 1. The van der Waals surface area contributed by atoms with Gasteiger partial charge in [0.05, 0.1) is 11.8 Å². The fourth-order valence-corrected chi connectivity index (χ4v) is 2.56. The molecule has 1 aromatic heterocycles. The van der Waals surface area contributed by atoms with Gasteiger partial charge in [-0.2, -0.15) is 0 Å². The molecule has 0 fully saturated rings. The number of alkyl halides is 1. The molecule has 0 saturated carbocycles. The van der Waals surface area contributed by atoms with Crippen LogP contribution >= 0.6 is 22.9 Å². The first-order chi connectivity index (χ1) is 9.11. The predicted octanol–water partition coefficient (Wildman–Crippen LogP) is 2.42. The van der Waals surface area contributed by atoms with Crippen LogP contribution in [-0.2, 0) is 0 Å². The van der Waals surface area contributed by atoms with Crippen molar-refractivity contribution in [2.24, 2.45) is 0 Å². The largest absolute Gasteiger partial charge is 0.390 e. The molecule has 1 heterocycles. The molecule has 2 atom stereocenters. The minimum atomic E-state index is -0.923. The standard InChI is InChI=1S/C13H15ClN2O2S/c14-6-5-11(17)12(18)9-3-1-8(2-4-9)10-7-19-13(15)16-10/h1-4,7,11-12,17-18H,5-6H2,(H2,15,16). The van der Waals surface area contributed by atoms with E-state index in [9.17, 15) is 10.2 Å². The van der Waals surface area contributed by atoms with Crippen LogP contribution in [0, 0.1) is 0 Å². The highest BCUT2D eigenvalue weighted by molar-refractivity contribution is 7.13. The topological polar surface area (TPSA) is 79.4 Å². The maximum absolute atomic E-state index is 9.94. The molecule has 0 radical (unpaired) electrons. The van der Waals surface area contributed by atoms with E-state index in [0.29, 0.717) is 23.0 Å². The van der Waals surface area contributed by atoms with Crippen molar-refractivity contribution >= 4 is 28.1 Å². The summed E-state index contributed by atoms with van der Waals surface area (Å²) in [5.74, 6) is 0.314. The zero-order valence-corrected chi connectivity index (χ0v) is 11.7. The second-order valence-corrected chi connectivity index (χ2v) is 5.45. The maximum Gasteiger partial charge on any atom is 0.180 e. The summed E-state index contributed by atoms with van der Waals surface area (Å²) in [6.45, 7) is 0. The average molecular weight is 299 g/mol. The molecule has 0 amide bonds. The Labute approximate surface area is 120 Å². The van der Waals surface area contributed by atoms with Crippen LogP contribution < -0.4 is 5.73 Å². The van der Waals surface area contributed by atoms with Gasteiger partial charge in [0, 0.05) is 16.8 Å². The smallest absolute Gasteiger partial charge is 0.180 e. The van der Waals surface area contributed by atoms with Crippen molar-refractivity contribution in [1.82, 2.24) is 4.98 Å². The number of rotatable bonds is 5. The molecule has 0 saturated heterocycles. The van der Waals surface area contributed by atoms with Crippen molar-refractivity contribution < 1.29 is 10.2 Å². The van der Waals surface area contributed by atoms with Crippen molar-refractivity contribution in [2.75, 3.05) is 11.6 Å². The van der Waals surface area contributed by atoms with Crippen LogP contribution in [0.5, 0.6) is 0 Å². The Morgan fingerprint density at radius 2 is 1.95 bits per heavy atom. The molecule has 19 heavy (non-hydrogen) atoms. The second-order valence-electron chi connectivity index (χ2n) is 4.18. The number of aromatic nitrogens is 1. The van der Waals surface area contributed by atoms with Gasteiger partial charge in [0.2, 0.25) is 0 Å².